The summed E-state index contributed by atoms with van der Waals surface area (Å²) in [6.45, 7) is 4.29. The highest BCUT2D eigenvalue weighted by Crippen LogP contribution is 2.35. The fourth-order valence-corrected chi connectivity index (χ4v) is 3.80. The number of nitrogens with one attached hydrogen (secondary N) is 1. The van der Waals surface area contributed by atoms with Crippen LogP contribution in [0, 0.1) is 13.8 Å². The summed E-state index contributed by atoms with van der Waals surface area (Å²) in [6, 6.07) is 27.6. The van der Waals surface area contributed by atoms with Crippen LogP contribution in [0.25, 0.3) is 44.2 Å². The molecule has 2 heteroatoms. The van der Waals surface area contributed by atoms with E-state index in [0.717, 1.165) is 16.8 Å². The predicted molar refractivity (Wildman–Crippen MR) is 114 cm³/mol. The molecule has 0 fully saturated rings. The van der Waals surface area contributed by atoms with Crippen LogP contribution in [0.1, 0.15) is 11.3 Å². The molecule has 27 heavy (non-hydrogen) atoms. The normalized spacial score (nSPS) is 11.3. The Labute approximate surface area is 158 Å². The van der Waals surface area contributed by atoms with E-state index in [1.807, 2.05) is 6.07 Å². The lowest BCUT2D eigenvalue weighted by atomic mass is 9.97. The van der Waals surface area contributed by atoms with Gasteiger partial charge in [-0.05, 0) is 48.7 Å². The van der Waals surface area contributed by atoms with Crippen LogP contribution in [-0.2, 0) is 0 Å². The summed E-state index contributed by atoms with van der Waals surface area (Å²) in [7, 11) is 0. The van der Waals surface area contributed by atoms with Gasteiger partial charge in [-0.2, -0.15) is 0 Å². The van der Waals surface area contributed by atoms with Gasteiger partial charge < -0.3 is 4.98 Å². The van der Waals surface area contributed by atoms with Gasteiger partial charge in [0.1, 0.15) is 0 Å². The number of fused-ring (bicyclic) bond motifs is 2. The minimum atomic E-state index is 1.01. The van der Waals surface area contributed by atoms with E-state index in [0.29, 0.717) is 0 Å². The van der Waals surface area contributed by atoms with E-state index in [1.165, 1.54) is 38.7 Å². The number of nitrogens with zero attached hydrogens (tertiary/aromatic N) is 1. The maximum absolute atomic E-state index is 5.02. The molecule has 0 aliphatic rings. The van der Waals surface area contributed by atoms with Crippen molar-refractivity contribution in [1.29, 1.82) is 0 Å². The molecule has 2 nitrogen and oxygen atoms in total. The van der Waals surface area contributed by atoms with Crippen molar-refractivity contribution in [2.24, 2.45) is 0 Å². The zero-order chi connectivity index (χ0) is 18.4. The van der Waals surface area contributed by atoms with Crippen LogP contribution >= 0.6 is 0 Å². The lowest BCUT2D eigenvalue weighted by Gasteiger charge is -2.11. The van der Waals surface area contributed by atoms with Gasteiger partial charge in [0.15, 0.2) is 0 Å². The summed E-state index contributed by atoms with van der Waals surface area (Å²) in [5.41, 5.74) is 9.27. The van der Waals surface area contributed by atoms with Crippen LogP contribution in [0.15, 0.2) is 78.9 Å². The molecule has 0 aliphatic carbocycles. The zero-order valence-electron chi connectivity index (χ0n) is 15.5. The van der Waals surface area contributed by atoms with Crippen LogP contribution in [0.2, 0.25) is 0 Å². The van der Waals surface area contributed by atoms with E-state index in [1.54, 1.807) is 0 Å². The average molecular weight is 348 g/mol. The average Bonchev–Trinajstić information content (AvgIpc) is 3.00. The summed E-state index contributed by atoms with van der Waals surface area (Å²) < 4.78 is 0. The lowest BCUT2D eigenvalue weighted by molar-refractivity contribution is 1.25. The van der Waals surface area contributed by atoms with Gasteiger partial charge in [0.25, 0.3) is 0 Å². The SMILES string of the molecule is Cc1[nH]c2cc3c(-c4ccccc4)cc(-c4ccccc4)nc3cc2c1C. The van der Waals surface area contributed by atoms with Gasteiger partial charge in [-0.1, -0.05) is 60.7 Å². The molecule has 0 amide bonds. The number of benzene rings is 3. The molecule has 1 N–H and O–H groups in total. The van der Waals surface area contributed by atoms with Crippen molar-refractivity contribution < 1.29 is 0 Å². The molecule has 2 heterocycles. The summed E-state index contributed by atoms with van der Waals surface area (Å²) >= 11 is 0. The number of aryl methyl sites for hydroxylation is 2. The standard InChI is InChI=1S/C25H20N2/c1-16-17(2)26-24-15-22-21(18-9-5-3-6-10-18)14-23(19-11-7-4-8-12-19)27-25(22)13-20(16)24/h3-15,26H,1-2H3. The second-order valence-corrected chi connectivity index (χ2v) is 7.08. The Morgan fingerprint density at radius 2 is 1.37 bits per heavy atom. The van der Waals surface area contributed by atoms with E-state index in [2.05, 4.69) is 91.6 Å². The van der Waals surface area contributed by atoms with Gasteiger partial charge in [0.05, 0.1) is 11.2 Å². The Balaban J connectivity index is 1.89. The van der Waals surface area contributed by atoms with Gasteiger partial charge >= 0.3 is 0 Å². The van der Waals surface area contributed by atoms with Crippen molar-refractivity contribution in [3.63, 3.8) is 0 Å². The summed E-state index contributed by atoms with van der Waals surface area (Å²) in [6.07, 6.45) is 0. The van der Waals surface area contributed by atoms with Crippen LogP contribution in [-0.4, -0.2) is 9.97 Å². The quantitative estimate of drug-likeness (QED) is 0.379. The molecule has 0 spiro atoms. The Bertz CT molecular complexity index is 1270. The molecule has 5 aromatic rings. The largest absolute Gasteiger partial charge is 0.358 e. The van der Waals surface area contributed by atoms with Gasteiger partial charge in [0.2, 0.25) is 0 Å². The highest BCUT2D eigenvalue weighted by molar-refractivity contribution is 6.04. The number of aromatic amines is 1. The fourth-order valence-electron chi connectivity index (χ4n) is 3.80. The van der Waals surface area contributed by atoms with Gasteiger partial charge in [0, 0.05) is 27.5 Å². The van der Waals surface area contributed by atoms with Crippen LogP contribution in [0.3, 0.4) is 0 Å². The van der Waals surface area contributed by atoms with Crippen molar-refractivity contribution in [3.8, 4) is 22.4 Å². The first-order chi connectivity index (χ1) is 13.2. The molecular formula is C25H20N2. The summed E-state index contributed by atoms with van der Waals surface area (Å²) in [5.74, 6) is 0. The molecule has 2 aromatic heterocycles. The molecular weight excluding hydrogens is 328 g/mol. The Hall–Kier alpha value is -3.39. The number of aromatic nitrogens is 2. The van der Waals surface area contributed by atoms with E-state index in [9.17, 15) is 0 Å². The fraction of sp³-hybridized carbons (Fsp3) is 0.0800. The summed E-state index contributed by atoms with van der Waals surface area (Å²) in [5, 5.41) is 2.42. The van der Waals surface area contributed by atoms with Crippen LogP contribution < -0.4 is 0 Å². The summed E-state index contributed by atoms with van der Waals surface area (Å²) in [4.78, 5) is 8.53. The molecule has 0 bridgehead atoms. The minimum absolute atomic E-state index is 1.01. The van der Waals surface area contributed by atoms with Gasteiger partial charge in [-0.3, -0.25) is 0 Å². The molecule has 3 aromatic carbocycles. The third-order valence-corrected chi connectivity index (χ3v) is 5.39. The van der Waals surface area contributed by atoms with Crippen LogP contribution in [0.4, 0.5) is 0 Å². The number of hydrogen-bond donors (Lipinski definition) is 1. The Morgan fingerprint density at radius 3 is 2.07 bits per heavy atom. The first-order valence-electron chi connectivity index (χ1n) is 9.25. The predicted octanol–water partition coefficient (Wildman–Crippen LogP) is 6.67. The van der Waals surface area contributed by atoms with Crippen molar-refractivity contribution in [2.75, 3.05) is 0 Å². The van der Waals surface area contributed by atoms with E-state index in [-0.39, 0.29) is 0 Å². The molecule has 5 rings (SSSR count). The highest BCUT2D eigenvalue weighted by Gasteiger charge is 2.13. The van der Waals surface area contributed by atoms with E-state index < -0.39 is 0 Å². The second kappa shape index (κ2) is 6.10. The lowest BCUT2D eigenvalue weighted by Crippen LogP contribution is -1.90. The maximum Gasteiger partial charge on any atom is 0.0723 e. The van der Waals surface area contributed by atoms with Crippen molar-refractivity contribution in [2.45, 2.75) is 13.8 Å². The molecule has 0 atom stereocenters. The van der Waals surface area contributed by atoms with E-state index in [4.69, 9.17) is 4.98 Å². The third-order valence-electron chi connectivity index (χ3n) is 5.39. The molecule has 130 valence electrons. The molecule has 0 saturated carbocycles. The van der Waals surface area contributed by atoms with Crippen molar-refractivity contribution in [3.05, 3.63) is 90.1 Å². The topological polar surface area (TPSA) is 28.7 Å². The van der Waals surface area contributed by atoms with Gasteiger partial charge in [-0.15, -0.1) is 0 Å². The second-order valence-electron chi connectivity index (χ2n) is 7.08. The van der Waals surface area contributed by atoms with Gasteiger partial charge in [-0.25, -0.2) is 4.98 Å². The van der Waals surface area contributed by atoms with E-state index >= 15 is 0 Å². The molecule has 0 unspecified atom stereocenters. The monoisotopic (exact) mass is 348 g/mol. The maximum atomic E-state index is 5.02. The first kappa shape index (κ1) is 15.8. The van der Waals surface area contributed by atoms with Crippen LogP contribution in [0.5, 0.6) is 0 Å². The number of H-pyrrole nitrogens is 1. The number of rotatable bonds is 2. The highest BCUT2D eigenvalue weighted by atomic mass is 14.7. The molecule has 0 saturated heterocycles. The smallest absolute Gasteiger partial charge is 0.0723 e. The van der Waals surface area contributed by atoms with Crippen molar-refractivity contribution in [1.82, 2.24) is 9.97 Å². The minimum Gasteiger partial charge on any atom is -0.358 e. The number of hydrogen-bond acceptors (Lipinski definition) is 1. The third kappa shape index (κ3) is 2.61. The molecule has 0 radical (unpaired) electrons. The Morgan fingerprint density at radius 1 is 0.704 bits per heavy atom. The van der Waals surface area contributed by atoms with Crippen molar-refractivity contribution >= 4 is 21.8 Å². The molecule has 0 aliphatic heterocycles. The zero-order valence-corrected chi connectivity index (χ0v) is 15.5. The Kier molecular flexibility index (Phi) is 3.58. The first-order valence-corrected chi connectivity index (χ1v) is 9.25. The number of pyridine rings is 1.